The van der Waals surface area contributed by atoms with Crippen molar-refractivity contribution in [3.8, 4) is 17.0 Å². The summed E-state index contributed by atoms with van der Waals surface area (Å²) in [4.78, 5) is 7.75. The second-order valence-electron chi connectivity index (χ2n) is 10.8. The minimum absolute atomic E-state index is 0.0836. The Morgan fingerprint density at radius 3 is 2.05 bits per heavy atom. The molecule has 0 radical (unpaired) electrons. The molecule has 0 aliphatic rings. The molecule has 1 aromatic heterocycles. The molecular formula is C36H44N2O. The molecule has 3 heteroatoms. The van der Waals surface area contributed by atoms with Gasteiger partial charge in [0.2, 0.25) is 0 Å². The van der Waals surface area contributed by atoms with E-state index in [1.807, 2.05) is 0 Å². The summed E-state index contributed by atoms with van der Waals surface area (Å²) >= 11 is 0. The van der Waals surface area contributed by atoms with Crippen molar-refractivity contribution < 1.29 is 4.74 Å². The number of hydrogen-bond donors (Lipinski definition) is 0. The van der Waals surface area contributed by atoms with Crippen LogP contribution in [0.4, 0.5) is 0 Å². The number of hydrogen-bond acceptors (Lipinski definition) is 3. The summed E-state index contributed by atoms with van der Waals surface area (Å²) in [6.45, 7) is 15.6. The molecule has 0 saturated carbocycles. The maximum atomic E-state index is 6.50. The van der Waals surface area contributed by atoms with E-state index in [2.05, 4.69) is 125 Å². The number of aryl methyl sites for hydroxylation is 4. The van der Waals surface area contributed by atoms with Crippen molar-refractivity contribution >= 4 is 0 Å². The molecule has 0 aliphatic carbocycles. The Morgan fingerprint density at radius 1 is 0.769 bits per heavy atom. The lowest BCUT2D eigenvalue weighted by Gasteiger charge is -2.26. The Morgan fingerprint density at radius 2 is 1.44 bits per heavy atom. The number of rotatable bonds is 12. The van der Waals surface area contributed by atoms with E-state index >= 15 is 0 Å². The van der Waals surface area contributed by atoms with Crippen LogP contribution in [0.3, 0.4) is 0 Å². The van der Waals surface area contributed by atoms with Gasteiger partial charge in [-0.05, 0) is 69.2 Å². The topological polar surface area (TPSA) is 25.4 Å². The zero-order valence-electron chi connectivity index (χ0n) is 24.6. The third-order valence-electron chi connectivity index (χ3n) is 7.38. The molecule has 3 nitrogen and oxygen atoms in total. The molecular weight excluding hydrogens is 476 g/mol. The number of ether oxygens (including phenoxy) is 1. The van der Waals surface area contributed by atoms with Crippen molar-refractivity contribution in [1.29, 1.82) is 0 Å². The summed E-state index contributed by atoms with van der Waals surface area (Å²) in [7, 11) is 0. The largest absolute Gasteiger partial charge is 0.491 e. The van der Waals surface area contributed by atoms with Crippen LogP contribution < -0.4 is 4.74 Å². The van der Waals surface area contributed by atoms with Gasteiger partial charge >= 0.3 is 0 Å². The van der Waals surface area contributed by atoms with Crippen LogP contribution in [-0.2, 0) is 32.4 Å². The molecule has 39 heavy (non-hydrogen) atoms. The average Bonchev–Trinajstić information content (AvgIpc) is 2.94. The van der Waals surface area contributed by atoms with Crippen LogP contribution in [-0.4, -0.2) is 22.5 Å². The third-order valence-corrected chi connectivity index (χ3v) is 7.38. The van der Waals surface area contributed by atoms with Crippen LogP contribution in [0.25, 0.3) is 11.3 Å². The van der Waals surface area contributed by atoms with E-state index in [1.165, 1.54) is 38.9 Å². The molecule has 4 rings (SSSR count). The molecule has 0 unspecified atom stereocenters. The van der Waals surface area contributed by atoms with Gasteiger partial charge in [0.15, 0.2) is 0 Å². The normalized spacial score (nSPS) is 11.4. The predicted molar refractivity (Wildman–Crippen MR) is 164 cm³/mol. The maximum Gasteiger partial charge on any atom is 0.128 e. The van der Waals surface area contributed by atoms with Crippen molar-refractivity contribution in [1.82, 2.24) is 9.88 Å². The van der Waals surface area contributed by atoms with Crippen LogP contribution in [0.5, 0.6) is 5.75 Å². The van der Waals surface area contributed by atoms with Gasteiger partial charge in [-0.3, -0.25) is 9.88 Å². The molecule has 0 amide bonds. The summed E-state index contributed by atoms with van der Waals surface area (Å²) in [6.07, 6.45) is 3.05. The van der Waals surface area contributed by atoms with Crippen LogP contribution >= 0.6 is 0 Å². The molecule has 0 saturated heterocycles. The molecule has 0 spiro atoms. The van der Waals surface area contributed by atoms with E-state index in [1.54, 1.807) is 0 Å². The van der Waals surface area contributed by atoms with Gasteiger partial charge in [0, 0.05) is 42.5 Å². The van der Waals surface area contributed by atoms with Gasteiger partial charge in [-0.2, -0.15) is 0 Å². The molecule has 204 valence electrons. The number of benzene rings is 3. The fourth-order valence-corrected chi connectivity index (χ4v) is 5.24. The number of pyridine rings is 1. The second-order valence-corrected chi connectivity index (χ2v) is 10.8. The van der Waals surface area contributed by atoms with E-state index in [0.29, 0.717) is 0 Å². The molecule has 0 fully saturated rings. The Balaban J connectivity index is 1.71. The summed E-state index contributed by atoms with van der Waals surface area (Å²) in [5.74, 6) is 0.953. The van der Waals surface area contributed by atoms with Crippen LogP contribution in [0.15, 0.2) is 78.9 Å². The summed E-state index contributed by atoms with van der Waals surface area (Å²) in [5, 5.41) is 0. The quantitative estimate of drug-likeness (QED) is 0.187. The maximum absolute atomic E-state index is 6.50. The van der Waals surface area contributed by atoms with Gasteiger partial charge < -0.3 is 4.74 Å². The zero-order chi connectivity index (χ0) is 27.8. The molecule has 3 aromatic carbocycles. The average molecular weight is 521 g/mol. The highest BCUT2D eigenvalue weighted by molar-refractivity contribution is 5.70. The van der Waals surface area contributed by atoms with Crippen molar-refractivity contribution in [2.24, 2.45) is 0 Å². The lowest BCUT2D eigenvalue weighted by molar-refractivity contribution is 0.223. The molecule has 0 atom stereocenters. The van der Waals surface area contributed by atoms with Gasteiger partial charge in [-0.1, -0.05) is 92.2 Å². The van der Waals surface area contributed by atoms with Crippen molar-refractivity contribution in [2.45, 2.75) is 80.0 Å². The fraction of sp³-hybridized carbons (Fsp3) is 0.361. The van der Waals surface area contributed by atoms with Gasteiger partial charge in [-0.25, -0.2) is 0 Å². The summed E-state index contributed by atoms with van der Waals surface area (Å²) in [5.41, 5.74) is 11.2. The van der Waals surface area contributed by atoms with E-state index in [0.717, 1.165) is 56.0 Å². The lowest BCUT2D eigenvalue weighted by atomic mass is 9.94. The Bertz CT molecular complexity index is 1320. The standard InChI is InChI=1S/C36H44N2O/c1-7-31-15-12-16-32(8-2)36(31)34-23-35(39-26(3)4)33(28(6)37-34)25-38(22-21-29-13-10-9-11-14-29)24-30-19-17-27(5)18-20-30/h9-20,23,26H,7-8,21-22,24-25H2,1-6H3. The first-order valence-electron chi connectivity index (χ1n) is 14.5. The van der Waals surface area contributed by atoms with Crippen LogP contribution in [0, 0.1) is 13.8 Å². The Hall–Kier alpha value is -3.43. The van der Waals surface area contributed by atoms with Gasteiger partial charge in [-0.15, -0.1) is 0 Å². The van der Waals surface area contributed by atoms with Crippen LogP contribution in [0.2, 0.25) is 0 Å². The van der Waals surface area contributed by atoms with Crippen LogP contribution in [0.1, 0.15) is 66.8 Å². The molecule has 0 N–H and O–H groups in total. The highest BCUT2D eigenvalue weighted by Gasteiger charge is 2.19. The van der Waals surface area contributed by atoms with Crippen molar-refractivity contribution in [2.75, 3.05) is 6.54 Å². The predicted octanol–water partition coefficient (Wildman–Crippen LogP) is 8.52. The first-order valence-corrected chi connectivity index (χ1v) is 14.5. The minimum atomic E-state index is 0.0836. The smallest absolute Gasteiger partial charge is 0.128 e. The van der Waals surface area contributed by atoms with Gasteiger partial charge in [0.1, 0.15) is 5.75 Å². The fourth-order valence-electron chi connectivity index (χ4n) is 5.24. The number of nitrogens with zero attached hydrogens (tertiary/aromatic N) is 2. The Kier molecular flexibility index (Phi) is 9.95. The Labute approximate surface area is 235 Å². The highest BCUT2D eigenvalue weighted by atomic mass is 16.5. The highest BCUT2D eigenvalue weighted by Crippen LogP contribution is 2.34. The summed E-state index contributed by atoms with van der Waals surface area (Å²) in [6, 6.07) is 28.5. The molecule has 4 aromatic rings. The third kappa shape index (κ3) is 7.58. The van der Waals surface area contributed by atoms with Crippen molar-refractivity contribution in [3.63, 3.8) is 0 Å². The molecule has 0 aliphatic heterocycles. The molecule has 0 bridgehead atoms. The SMILES string of the molecule is CCc1cccc(CC)c1-c1cc(OC(C)C)c(CN(CCc2ccccc2)Cc2ccc(C)cc2)c(C)n1. The van der Waals surface area contributed by atoms with E-state index < -0.39 is 0 Å². The second kappa shape index (κ2) is 13.6. The first-order chi connectivity index (χ1) is 18.9. The first kappa shape index (κ1) is 28.6. The van der Waals surface area contributed by atoms with Crippen molar-refractivity contribution in [3.05, 3.63) is 118 Å². The lowest BCUT2D eigenvalue weighted by Crippen LogP contribution is -2.26. The van der Waals surface area contributed by atoms with Gasteiger partial charge in [0.05, 0.1) is 11.8 Å². The summed E-state index contributed by atoms with van der Waals surface area (Å²) < 4.78 is 6.50. The monoisotopic (exact) mass is 520 g/mol. The van der Waals surface area contributed by atoms with E-state index in [4.69, 9.17) is 9.72 Å². The zero-order valence-corrected chi connectivity index (χ0v) is 24.6. The van der Waals surface area contributed by atoms with E-state index in [-0.39, 0.29) is 6.10 Å². The van der Waals surface area contributed by atoms with E-state index in [9.17, 15) is 0 Å². The molecule has 1 heterocycles. The van der Waals surface area contributed by atoms with Gasteiger partial charge in [0.25, 0.3) is 0 Å². The minimum Gasteiger partial charge on any atom is -0.491 e. The number of aromatic nitrogens is 1.